The molecule has 0 aromatic heterocycles. The van der Waals surface area contributed by atoms with Crippen molar-refractivity contribution in [1.29, 1.82) is 0 Å². The van der Waals surface area contributed by atoms with E-state index in [-0.39, 0.29) is 5.91 Å². The Kier molecular flexibility index (Phi) is 6.97. The standard InChI is InChI=1S/C15H25N3O/c1-17(2)15(19)10-6-12-18(13-7-11-16)14-8-4-3-5-9-14/h3-5,8-9H,6-7,10-13,16H2,1-2H3. The summed E-state index contributed by atoms with van der Waals surface area (Å²) in [5.41, 5.74) is 6.79. The molecule has 4 heteroatoms. The second kappa shape index (κ2) is 8.53. The van der Waals surface area contributed by atoms with E-state index in [2.05, 4.69) is 17.0 Å². The molecule has 1 rings (SSSR count). The van der Waals surface area contributed by atoms with Crippen LogP contribution in [-0.2, 0) is 4.79 Å². The normalized spacial score (nSPS) is 10.3. The lowest BCUT2D eigenvalue weighted by Crippen LogP contribution is -2.29. The number of rotatable bonds is 8. The molecule has 1 amide bonds. The van der Waals surface area contributed by atoms with Crippen LogP contribution in [0.25, 0.3) is 0 Å². The van der Waals surface area contributed by atoms with Crippen molar-refractivity contribution in [1.82, 2.24) is 4.90 Å². The van der Waals surface area contributed by atoms with Gasteiger partial charge in [0.15, 0.2) is 0 Å². The van der Waals surface area contributed by atoms with Gasteiger partial charge in [0.05, 0.1) is 0 Å². The number of hydrogen-bond donors (Lipinski definition) is 1. The van der Waals surface area contributed by atoms with Crippen molar-refractivity contribution >= 4 is 11.6 Å². The van der Waals surface area contributed by atoms with Crippen LogP contribution in [0.3, 0.4) is 0 Å². The predicted molar refractivity (Wildman–Crippen MR) is 80.3 cm³/mol. The fraction of sp³-hybridized carbons (Fsp3) is 0.533. The van der Waals surface area contributed by atoms with Crippen LogP contribution >= 0.6 is 0 Å². The summed E-state index contributed by atoms with van der Waals surface area (Å²) in [6.45, 7) is 2.53. The first-order valence-electron chi connectivity index (χ1n) is 6.85. The van der Waals surface area contributed by atoms with Gasteiger partial charge in [0, 0.05) is 39.3 Å². The third-order valence-corrected chi connectivity index (χ3v) is 3.07. The maximum Gasteiger partial charge on any atom is 0.222 e. The fourth-order valence-electron chi connectivity index (χ4n) is 1.94. The quantitative estimate of drug-likeness (QED) is 0.777. The molecule has 0 spiro atoms. The first kappa shape index (κ1) is 15.5. The van der Waals surface area contributed by atoms with Gasteiger partial charge in [-0.15, -0.1) is 0 Å². The van der Waals surface area contributed by atoms with E-state index in [9.17, 15) is 4.79 Å². The summed E-state index contributed by atoms with van der Waals surface area (Å²) in [6, 6.07) is 10.3. The van der Waals surface area contributed by atoms with Crippen LogP contribution in [0.5, 0.6) is 0 Å². The number of hydrogen-bond acceptors (Lipinski definition) is 3. The van der Waals surface area contributed by atoms with Crippen LogP contribution < -0.4 is 10.6 Å². The highest BCUT2D eigenvalue weighted by Crippen LogP contribution is 2.14. The van der Waals surface area contributed by atoms with Crippen LogP contribution in [-0.4, -0.2) is 44.5 Å². The van der Waals surface area contributed by atoms with Gasteiger partial charge in [-0.05, 0) is 31.5 Å². The largest absolute Gasteiger partial charge is 0.371 e. The third-order valence-electron chi connectivity index (χ3n) is 3.07. The van der Waals surface area contributed by atoms with Crippen LogP contribution in [0.15, 0.2) is 30.3 Å². The summed E-state index contributed by atoms with van der Waals surface area (Å²) < 4.78 is 0. The van der Waals surface area contributed by atoms with Crippen molar-refractivity contribution in [2.45, 2.75) is 19.3 Å². The Labute approximate surface area is 116 Å². The number of nitrogens with two attached hydrogens (primary N) is 1. The predicted octanol–water partition coefficient (Wildman–Crippen LogP) is 1.71. The highest BCUT2D eigenvalue weighted by Gasteiger charge is 2.08. The molecular formula is C15H25N3O. The molecule has 0 radical (unpaired) electrons. The fourth-order valence-corrected chi connectivity index (χ4v) is 1.94. The van der Waals surface area contributed by atoms with Gasteiger partial charge in [0.25, 0.3) is 0 Å². The van der Waals surface area contributed by atoms with E-state index in [0.717, 1.165) is 25.9 Å². The average Bonchev–Trinajstić information content (AvgIpc) is 2.43. The van der Waals surface area contributed by atoms with Crippen molar-refractivity contribution in [2.75, 3.05) is 38.6 Å². The van der Waals surface area contributed by atoms with E-state index < -0.39 is 0 Å². The minimum absolute atomic E-state index is 0.187. The Balaban J connectivity index is 2.49. The summed E-state index contributed by atoms with van der Waals surface area (Å²) in [5.74, 6) is 0.187. The molecule has 2 N–H and O–H groups in total. The molecule has 0 unspecified atom stereocenters. The van der Waals surface area contributed by atoms with Crippen molar-refractivity contribution in [3.8, 4) is 0 Å². The van der Waals surface area contributed by atoms with E-state index >= 15 is 0 Å². The highest BCUT2D eigenvalue weighted by molar-refractivity contribution is 5.75. The SMILES string of the molecule is CN(C)C(=O)CCCN(CCCN)c1ccccc1. The van der Waals surface area contributed by atoms with Gasteiger partial charge in [0.2, 0.25) is 5.91 Å². The average molecular weight is 263 g/mol. The maximum atomic E-state index is 11.6. The smallest absolute Gasteiger partial charge is 0.222 e. The van der Waals surface area contributed by atoms with Gasteiger partial charge in [-0.3, -0.25) is 4.79 Å². The lowest BCUT2D eigenvalue weighted by atomic mass is 10.2. The van der Waals surface area contributed by atoms with Gasteiger partial charge >= 0.3 is 0 Å². The van der Waals surface area contributed by atoms with E-state index in [0.29, 0.717) is 13.0 Å². The summed E-state index contributed by atoms with van der Waals surface area (Å²) in [7, 11) is 3.59. The monoisotopic (exact) mass is 263 g/mol. The molecule has 19 heavy (non-hydrogen) atoms. The van der Waals surface area contributed by atoms with E-state index in [1.807, 2.05) is 18.2 Å². The Morgan fingerprint density at radius 3 is 2.32 bits per heavy atom. The van der Waals surface area contributed by atoms with Crippen molar-refractivity contribution in [2.24, 2.45) is 5.73 Å². The third kappa shape index (κ3) is 5.75. The van der Waals surface area contributed by atoms with Crippen LogP contribution in [0.1, 0.15) is 19.3 Å². The molecule has 0 aliphatic rings. The molecule has 0 saturated heterocycles. The number of carbonyl (C=O) groups is 1. The number of amides is 1. The Bertz CT molecular complexity index is 365. The minimum atomic E-state index is 0.187. The number of para-hydroxylation sites is 1. The van der Waals surface area contributed by atoms with Gasteiger partial charge in [-0.2, -0.15) is 0 Å². The van der Waals surface area contributed by atoms with E-state index in [1.54, 1.807) is 19.0 Å². The first-order chi connectivity index (χ1) is 9.15. The summed E-state index contributed by atoms with van der Waals surface area (Å²) in [6.07, 6.45) is 2.44. The molecule has 1 aromatic rings. The number of nitrogens with zero attached hydrogens (tertiary/aromatic N) is 2. The lowest BCUT2D eigenvalue weighted by molar-refractivity contribution is -0.128. The topological polar surface area (TPSA) is 49.6 Å². The van der Waals surface area contributed by atoms with Gasteiger partial charge in [0.1, 0.15) is 0 Å². The van der Waals surface area contributed by atoms with E-state index in [4.69, 9.17) is 5.73 Å². The molecule has 0 aliphatic heterocycles. The maximum absolute atomic E-state index is 11.6. The zero-order valence-electron chi connectivity index (χ0n) is 12.0. The van der Waals surface area contributed by atoms with Crippen molar-refractivity contribution in [3.63, 3.8) is 0 Å². The molecular weight excluding hydrogens is 238 g/mol. The van der Waals surface area contributed by atoms with Crippen LogP contribution in [0.4, 0.5) is 5.69 Å². The van der Waals surface area contributed by atoms with Crippen molar-refractivity contribution in [3.05, 3.63) is 30.3 Å². The Hall–Kier alpha value is -1.55. The van der Waals surface area contributed by atoms with Gasteiger partial charge in [-0.25, -0.2) is 0 Å². The Morgan fingerprint density at radius 2 is 1.74 bits per heavy atom. The highest BCUT2D eigenvalue weighted by atomic mass is 16.2. The van der Waals surface area contributed by atoms with E-state index in [1.165, 1.54) is 5.69 Å². The molecule has 4 nitrogen and oxygen atoms in total. The molecule has 0 atom stereocenters. The second-order valence-electron chi connectivity index (χ2n) is 4.86. The van der Waals surface area contributed by atoms with Crippen molar-refractivity contribution < 1.29 is 4.79 Å². The van der Waals surface area contributed by atoms with Gasteiger partial charge in [-0.1, -0.05) is 18.2 Å². The summed E-state index contributed by atoms with van der Waals surface area (Å²) in [5, 5.41) is 0. The Morgan fingerprint density at radius 1 is 1.11 bits per heavy atom. The number of benzene rings is 1. The molecule has 0 heterocycles. The number of carbonyl (C=O) groups excluding carboxylic acids is 1. The molecule has 0 bridgehead atoms. The van der Waals surface area contributed by atoms with Gasteiger partial charge < -0.3 is 15.5 Å². The molecule has 106 valence electrons. The molecule has 0 fully saturated rings. The number of anilines is 1. The lowest BCUT2D eigenvalue weighted by Gasteiger charge is -2.25. The second-order valence-corrected chi connectivity index (χ2v) is 4.86. The summed E-state index contributed by atoms with van der Waals surface area (Å²) >= 11 is 0. The van der Waals surface area contributed by atoms with Crippen LogP contribution in [0, 0.1) is 0 Å². The zero-order chi connectivity index (χ0) is 14.1. The first-order valence-corrected chi connectivity index (χ1v) is 6.85. The summed E-state index contributed by atoms with van der Waals surface area (Å²) in [4.78, 5) is 15.5. The minimum Gasteiger partial charge on any atom is -0.371 e. The molecule has 0 saturated carbocycles. The van der Waals surface area contributed by atoms with Crippen LogP contribution in [0.2, 0.25) is 0 Å². The molecule has 1 aromatic carbocycles. The molecule has 0 aliphatic carbocycles. The zero-order valence-corrected chi connectivity index (χ0v) is 12.0.